The molecule has 6 heteroatoms. The van der Waals surface area contributed by atoms with Crippen LogP contribution in [-0.4, -0.2) is 26.6 Å². The number of carbonyl (C=O) groups is 1. The van der Waals surface area contributed by atoms with E-state index in [1.165, 1.54) is 6.20 Å². The zero-order valence-electron chi connectivity index (χ0n) is 8.18. The molecule has 80 valence electrons. The lowest BCUT2D eigenvalue weighted by atomic mass is 9.93. The van der Waals surface area contributed by atoms with Crippen molar-refractivity contribution in [3.8, 4) is 0 Å². The van der Waals surface area contributed by atoms with Gasteiger partial charge in [0.25, 0.3) is 0 Å². The lowest BCUT2D eigenvalue weighted by Gasteiger charge is -2.27. The van der Waals surface area contributed by atoms with Gasteiger partial charge >= 0.3 is 6.09 Å². The Bertz CT molecular complexity index is 348. The second-order valence-corrected chi connectivity index (χ2v) is 3.73. The van der Waals surface area contributed by atoms with Gasteiger partial charge in [0, 0.05) is 0 Å². The molecule has 1 amide bonds. The third kappa shape index (κ3) is 1.88. The van der Waals surface area contributed by atoms with Crippen LogP contribution < -0.4 is 5.32 Å². The molecule has 2 N–H and O–H groups in total. The van der Waals surface area contributed by atoms with E-state index in [9.17, 15) is 4.79 Å². The van der Waals surface area contributed by atoms with E-state index in [4.69, 9.17) is 5.11 Å². The maximum absolute atomic E-state index is 10.8. The van der Waals surface area contributed by atoms with Crippen LogP contribution in [0.3, 0.4) is 0 Å². The van der Waals surface area contributed by atoms with Crippen LogP contribution in [0.15, 0.2) is 12.3 Å². The van der Waals surface area contributed by atoms with E-state index in [-0.39, 0.29) is 0 Å². The molecule has 1 fully saturated rings. The van der Waals surface area contributed by atoms with Gasteiger partial charge in [-0.1, -0.05) is 12.8 Å². The molecule has 1 aliphatic carbocycles. The molecule has 1 saturated carbocycles. The van der Waals surface area contributed by atoms with E-state index in [1.807, 2.05) is 0 Å². The van der Waals surface area contributed by atoms with Crippen molar-refractivity contribution in [1.29, 1.82) is 0 Å². The number of amides is 1. The topological polar surface area (TPSA) is 88.0 Å². The first-order valence-corrected chi connectivity index (χ1v) is 4.89. The van der Waals surface area contributed by atoms with Gasteiger partial charge in [-0.05, 0) is 24.1 Å². The Morgan fingerprint density at radius 1 is 1.47 bits per heavy atom. The maximum atomic E-state index is 10.8. The highest BCUT2D eigenvalue weighted by Crippen LogP contribution is 2.37. The Labute approximate surface area is 86.7 Å². The molecule has 0 aromatic carbocycles. The second-order valence-electron chi connectivity index (χ2n) is 3.73. The fraction of sp³-hybridized carbons (Fsp3) is 0.556. The molecule has 15 heavy (non-hydrogen) atoms. The number of hydrogen-bond acceptors (Lipinski definition) is 4. The Morgan fingerprint density at radius 3 is 2.73 bits per heavy atom. The van der Waals surface area contributed by atoms with Crippen LogP contribution >= 0.6 is 0 Å². The summed E-state index contributed by atoms with van der Waals surface area (Å²) >= 11 is 0. The number of rotatable bonds is 2. The molecule has 6 nitrogen and oxygen atoms in total. The number of hydrogen-bond donors (Lipinski definition) is 2. The van der Waals surface area contributed by atoms with Gasteiger partial charge in [-0.3, -0.25) is 0 Å². The van der Waals surface area contributed by atoms with Crippen LogP contribution in [0.25, 0.3) is 0 Å². The minimum atomic E-state index is -1.02. The summed E-state index contributed by atoms with van der Waals surface area (Å²) in [5.74, 6) is 0. The van der Waals surface area contributed by atoms with Crippen molar-refractivity contribution in [2.45, 2.75) is 31.2 Å². The van der Waals surface area contributed by atoms with Gasteiger partial charge in [-0.2, -0.15) is 0 Å². The third-order valence-electron chi connectivity index (χ3n) is 2.80. The average molecular weight is 208 g/mol. The molecule has 1 heterocycles. The van der Waals surface area contributed by atoms with Gasteiger partial charge in [-0.15, -0.1) is 10.2 Å². The van der Waals surface area contributed by atoms with Gasteiger partial charge in [-0.25, -0.2) is 4.79 Å². The van der Waals surface area contributed by atoms with Crippen molar-refractivity contribution in [1.82, 2.24) is 20.7 Å². The fourth-order valence-electron chi connectivity index (χ4n) is 2.12. The largest absolute Gasteiger partial charge is 0.465 e. The molecule has 2 rings (SSSR count). The van der Waals surface area contributed by atoms with Crippen molar-refractivity contribution in [2.24, 2.45) is 0 Å². The molecule has 0 unspecified atom stereocenters. The standard InChI is InChI=1S/C9H12N4O2/c14-8(15)11-9(4-1-2-5-9)7-3-6-10-13-12-7/h3,6,11H,1-2,4-5H2,(H,14,15). The molecule has 0 saturated heterocycles. The summed E-state index contributed by atoms with van der Waals surface area (Å²) in [5, 5.41) is 22.4. The van der Waals surface area contributed by atoms with Crippen LogP contribution in [0, 0.1) is 0 Å². The Balaban J connectivity index is 2.30. The summed E-state index contributed by atoms with van der Waals surface area (Å²) in [4.78, 5) is 10.8. The smallest absolute Gasteiger partial charge is 0.405 e. The van der Waals surface area contributed by atoms with Gasteiger partial charge in [0.15, 0.2) is 0 Å². The summed E-state index contributed by atoms with van der Waals surface area (Å²) in [7, 11) is 0. The maximum Gasteiger partial charge on any atom is 0.405 e. The van der Waals surface area contributed by atoms with Crippen LogP contribution in [0.4, 0.5) is 4.79 Å². The van der Waals surface area contributed by atoms with E-state index in [2.05, 4.69) is 20.7 Å². The van der Waals surface area contributed by atoms with Crippen molar-refractivity contribution in [2.75, 3.05) is 0 Å². The highest BCUT2D eigenvalue weighted by molar-refractivity contribution is 5.66. The number of carboxylic acid groups (broad SMARTS) is 1. The first-order chi connectivity index (χ1) is 7.23. The van der Waals surface area contributed by atoms with Gasteiger partial charge in [0.1, 0.15) is 0 Å². The monoisotopic (exact) mass is 208 g/mol. The molecule has 0 bridgehead atoms. The summed E-state index contributed by atoms with van der Waals surface area (Å²) in [6.45, 7) is 0. The quantitative estimate of drug-likeness (QED) is 0.754. The van der Waals surface area contributed by atoms with E-state index >= 15 is 0 Å². The molecule has 0 atom stereocenters. The lowest BCUT2D eigenvalue weighted by Crippen LogP contribution is -2.43. The zero-order chi connectivity index (χ0) is 10.7. The molecular weight excluding hydrogens is 196 g/mol. The minimum absolute atomic E-state index is 0.554. The second kappa shape index (κ2) is 3.80. The number of nitrogens with one attached hydrogen (secondary N) is 1. The number of aromatic nitrogens is 3. The molecule has 1 aromatic rings. The SMILES string of the molecule is O=C(O)NC1(c2ccnnn2)CCCC1. The Kier molecular flexibility index (Phi) is 2.49. The van der Waals surface area contributed by atoms with E-state index in [1.54, 1.807) is 6.07 Å². The highest BCUT2D eigenvalue weighted by atomic mass is 16.4. The highest BCUT2D eigenvalue weighted by Gasteiger charge is 2.38. The third-order valence-corrected chi connectivity index (χ3v) is 2.80. The summed E-state index contributed by atoms with van der Waals surface area (Å²) in [5.41, 5.74) is 0.110. The van der Waals surface area contributed by atoms with Crippen molar-refractivity contribution >= 4 is 6.09 Å². The molecule has 0 spiro atoms. The predicted molar refractivity (Wildman–Crippen MR) is 51.1 cm³/mol. The molecule has 1 aromatic heterocycles. The minimum Gasteiger partial charge on any atom is -0.465 e. The molecular formula is C9H12N4O2. The van der Waals surface area contributed by atoms with Crippen LogP contribution in [0.5, 0.6) is 0 Å². The molecule has 1 aliphatic rings. The predicted octanol–water partition coefficient (Wildman–Crippen LogP) is 0.908. The summed E-state index contributed by atoms with van der Waals surface area (Å²) in [6.07, 6.45) is 4.08. The van der Waals surface area contributed by atoms with Crippen molar-refractivity contribution < 1.29 is 9.90 Å². The van der Waals surface area contributed by atoms with E-state index < -0.39 is 11.6 Å². The molecule has 0 aliphatic heterocycles. The van der Waals surface area contributed by atoms with Gasteiger partial charge in [0.2, 0.25) is 0 Å². The van der Waals surface area contributed by atoms with Gasteiger partial charge in [0.05, 0.1) is 17.4 Å². The Morgan fingerprint density at radius 2 is 2.20 bits per heavy atom. The summed E-state index contributed by atoms with van der Waals surface area (Å²) < 4.78 is 0. The zero-order valence-corrected chi connectivity index (χ0v) is 8.18. The number of nitrogens with zero attached hydrogens (tertiary/aromatic N) is 3. The first-order valence-electron chi connectivity index (χ1n) is 4.89. The molecule has 0 radical (unpaired) electrons. The fourth-order valence-corrected chi connectivity index (χ4v) is 2.12. The van der Waals surface area contributed by atoms with Crippen molar-refractivity contribution in [3.63, 3.8) is 0 Å². The Hall–Kier alpha value is -1.72. The van der Waals surface area contributed by atoms with Crippen molar-refractivity contribution in [3.05, 3.63) is 18.0 Å². The average Bonchev–Trinajstić information content (AvgIpc) is 2.68. The normalized spacial score (nSPS) is 18.7. The first kappa shape index (κ1) is 9.82. The van der Waals surface area contributed by atoms with E-state index in [0.29, 0.717) is 5.69 Å². The van der Waals surface area contributed by atoms with Crippen LogP contribution in [-0.2, 0) is 5.54 Å². The van der Waals surface area contributed by atoms with Crippen LogP contribution in [0.1, 0.15) is 31.4 Å². The van der Waals surface area contributed by atoms with E-state index in [0.717, 1.165) is 25.7 Å². The van der Waals surface area contributed by atoms with Gasteiger partial charge < -0.3 is 10.4 Å². The summed E-state index contributed by atoms with van der Waals surface area (Å²) in [6, 6.07) is 1.72. The van der Waals surface area contributed by atoms with Crippen LogP contribution in [0.2, 0.25) is 0 Å². The lowest BCUT2D eigenvalue weighted by molar-refractivity contribution is 0.176.